The van der Waals surface area contributed by atoms with Gasteiger partial charge < -0.3 is 9.73 Å². The normalized spacial score (nSPS) is 10.7. The summed E-state index contributed by atoms with van der Waals surface area (Å²) < 4.78 is 5.23. The summed E-state index contributed by atoms with van der Waals surface area (Å²) in [5, 5.41) is 3.20. The van der Waals surface area contributed by atoms with Crippen LogP contribution in [0.4, 0.5) is 5.82 Å². The van der Waals surface area contributed by atoms with Crippen LogP contribution < -0.4 is 5.32 Å². The van der Waals surface area contributed by atoms with E-state index in [1.807, 2.05) is 18.2 Å². The van der Waals surface area contributed by atoms with Crippen molar-refractivity contribution in [1.29, 1.82) is 0 Å². The lowest BCUT2D eigenvalue weighted by molar-refractivity contribution is 0.518. The molecule has 0 aliphatic heterocycles. The van der Waals surface area contributed by atoms with E-state index in [4.69, 9.17) is 4.42 Å². The van der Waals surface area contributed by atoms with Gasteiger partial charge in [-0.25, -0.2) is 9.97 Å². The van der Waals surface area contributed by atoms with Gasteiger partial charge in [0.25, 0.3) is 0 Å². The summed E-state index contributed by atoms with van der Waals surface area (Å²) >= 11 is 0. The number of furan rings is 1. The Labute approximate surface area is 94.7 Å². The van der Waals surface area contributed by atoms with E-state index in [1.165, 1.54) is 0 Å². The molecular formula is C12H15N3O. The number of nitrogens with zero attached hydrogens (tertiary/aromatic N) is 2. The first-order valence-electron chi connectivity index (χ1n) is 5.34. The summed E-state index contributed by atoms with van der Waals surface area (Å²) in [6, 6.07) is 5.77. The Morgan fingerprint density at radius 1 is 1.38 bits per heavy atom. The average molecular weight is 217 g/mol. The summed E-state index contributed by atoms with van der Waals surface area (Å²) in [5.41, 5.74) is 1.04. The standard InChI is InChI=1S/C12H15N3O/c1-9(2)11-6-12(15-8-14-11)13-7-10-4-3-5-16-10/h3-6,8-9H,7H2,1-2H3,(H,13,14,15). The molecule has 2 aromatic heterocycles. The smallest absolute Gasteiger partial charge is 0.129 e. The minimum atomic E-state index is 0.409. The third-order valence-corrected chi connectivity index (χ3v) is 2.30. The summed E-state index contributed by atoms with van der Waals surface area (Å²) in [6.45, 7) is 4.86. The first-order chi connectivity index (χ1) is 7.75. The zero-order valence-electron chi connectivity index (χ0n) is 9.47. The molecule has 1 N–H and O–H groups in total. The molecule has 4 heteroatoms. The van der Waals surface area contributed by atoms with Gasteiger partial charge in [0.15, 0.2) is 0 Å². The maximum Gasteiger partial charge on any atom is 0.129 e. The van der Waals surface area contributed by atoms with Crippen LogP contribution in [0.3, 0.4) is 0 Å². The molecule has 0 aromatic carbocycles. The van der Waals surface area contributed by atoms with Gasteiger partial charge in [0.1, 0.15) is 17.9 Å². The van der Waals surface area contributed by atoms with E-state index in [1.54, 1.807) is 12.6 Å². The van der Waals surface area contributed by atoms with E-state index in [9.17, 15) is 0 Å². The number of hydrogen-bond donors (Lipinski definition) is 1. The van der Waals surface area contributed by atoms with Crippen LogP contribution in [-0.4, -0.2) is 9.97 Å². The molecule has 0 bridgehead atoms. The summed E-state index contributed by atoms with van der Waals surface area (Å²) in [7, 11) is 0. The lowest BCUT2D eigenvalue weighted by atomic mass is 10.1. The van der Waals surface area contributed by atoms with Gasteiger partial charge in [0, 0.05) is 11.8 Å². The van der Waals surface area contributed by atoms with Gasteiger partial charge in [-0.15, -0.1) is 0 Å². The number of anilines is 1. The summed E-state index contributed by atoms with van der Waals surface area (Å²) in [6.07, 6.45) is 3.25. The maximum absolute atomic E-state index is 5.23. The van der Waals surface area contributed by atoms with Crippen molar-refractivity contribution in [3.63, 3.8) is 0 Å². The van der Waals surface area contributed by atoms with Crippen LogP contribution in [0, 0.1) is 0 Å². The van der Waals surface area contributed by atoms with Crippen molar-refractivity contribution in [2.75, 3.05) is 5.32 Å². The topological polar surface area (TPSA) is 51.0 Å². The summed E-state index contributed by atoms with van der Waals surface area (Å²) in [5.74, 6) is 2.13. The minimum Gasteiger partial charge on any atom is -0.467 e. The van der Waals surface area contributed by atoms with Crippen molar-refractivity contribution in [2.24, 2.45) is 0 Å². The molecule has 0 aliphatic rings. The Hall–Kier alpha value is -1.84. The second-order valence-corrected chi connectivity index (χ2v) is 3.92. The Bertz CT molecular complexity index is 437. The second kappa shape index (κ2) is 4.79. The van der Waals surface area contributed by atoms with Crippen LogP contribution in [0.25, 0.3) is 0 Å². The zero-order chi connectivity index (χ0) is 11.4. The third kappa shape index (κ3) is 2.59. The highest BCUT2D eigenvalue weighted by molar-refractivity contribution is 5.35. The van der Waals surface area contributed by atoms with E-state index >= 15 is 0 Å². The highest BCUT2D eigenvalue weighted by Gasteiger charge is 2.03. The quantitative estimate of drug-likeness (QED) is 0.855. The van der Waals surface area contributed by atoms with E-state index in [0.29, 0.717) is 12.5 Å². The fourth-order valence-corrected chi connectivity index (χ4v) is 1.38. The molecule has 2 aromatic rings. The minimum absolute atomic E-state index is 0.409. The Morgan fingerprint density at radius 2 is 2.25 bits per heavy atom. The number of hydrogen-bond acceptors (Lipinski definition) is 4. The van der Waals surface area contributed by atoms with Crippen molar-refractivity contribution in [3.8, 4) is 0 Å². The first-order valence-corrected chi connectivity index (χ1v) is 5.34. The lowest BCUT2D eigenvalue weighted by Crippen LogP contribution is -2.02. The monoisotopic (exact) mass is 217 g/mol. The van der Waals surface area contributed by atoms with Crippen molar-refractivity contribution >= 4 is 5.82 Å². The molecule has 4 nitrogen and oxygen atoms in total. The van der Waals surface area contributed by atoms with Crippen molar-refractivity contribution in [2.45, 2.75) is 26.3 Å². The Morgan fingerprint density at radius 3 is 2.94 bits per heavy atom. The predicted octanol–water partition coefficient (Wildman–Crippen LogP) is 2.81. The predicted molar refractivity (Wildman–Crippen MR) is 62.2 cm³/mol. The lowest BCUT2D eigenvalue weighted by Gasteiger charge is -2.07. The van der Waals surface area contributed by atoms with E-state index in [-0.39, 0.29) is 0 Å². The first kappa shape index (κ1) is 10.7. The van der Waals surface area contributed by atoms with E-state index in [2.05, 4.69) is 29.1 Å². The maximum atomic E-state index is 5.23. The molecule has 2 heterocycles. The van der Waals surface area contributed by atoms with Crippen LogP contribution in [0.1, 0.15) is 31.2 Å². The van der Waals surface area contributed by atoms with E-state index < -0.39 is 0 Å². The fraction of sp³-hybridized carbons (Fsp3) is 0.333. The van der Waals surface area contributed by atoms with Gasteiger partial charge in [-0.1, -0.05) is 13.8 Å². The number of aromatic nitrogens is 2. The van der Waals surface area contributed by atoms with Crippen molar-refractivity contribution in [3.05, 3.63) is 42.2 Å². The summed E-state index contributed by atoms with van der Waals surface area (Å²) in [4.78, 5) is 8.37. The molecule has 0 saturated heterocycles. The van der Waals surface area contributed by atoms with E-state index in [0.717, 1.165) is 17.3 Å². The molecule has 16 heavy (non-hydrogen) atoms. The molecule has 0 atom stereocenters. The van der Waals surface area contributed by atoms with Crippen LogP contribution in [0.2, 0.25) is 0 Å². The highest BCUT2D eigenvalue weighted by atomic mass is 16.3. The molecule has 0 radical (unpaired) electrons. The number of rotatable bonds is 4. The Kier molecular flexibility index (Phi) is 3.19. The molecule has 0 aliphatic carbocycles. The molecule has 0 spiro atoms. The molecule has 84 valence electrons. The molecule has 0 unspecified atom stereocenters. The fourth-order valence-electron chi connectivity index (χ4n) is 1.38. The highest BCUT2D eigenvalue weighted by Crippen LogP contribution is 2.14. The van der Waals surface area contributed by atoms with Crippen molar-refractivity contribution in [1.82, 2.24) is 9.97 Å². The zero-order valence-corrected chi connectivity index (χ0v) is 9.47. The van der Waals surface area contributed by atoms with Gasteiger partial charge in [0.2, 0.25) is 0 Å². The van der Waals surface area contributed by atoms with Crippen LogP contribution in [-0.2, 0) is 6.54 Å². The average Bonchev–Trinajstić information content (AvgIpc) is 2.79. The van der Waals surface area contributed by atoms with Gasteiger partial charge in [-0.05, 0) is 18.1 Å². The second-order valence-electron chi connectivity index (χ2n) is 3.92. The Balaban J connectivity index is 2.01. The SMILES string of the molecule is CC(C)c1cc(NCc2ccco2)ncn1. The largest absolute Gasteiger partial charge is 0.467 e. The molecule has 0 saturated carbocycles. The molecular weight excluding hydrogens is 202 g/mol. The number of nitrogens with one attached hydrogen (secondary N) is 1. The molecule has 2 rings (SSSR count). The molecule has 0 fully saturated rings. The third-order valence-electron chi connectivity index (χ3n) is 2.30. The van der Waals surface area contributed by atoms with Gasteiger partial charge in [-0.2, -0.15) is 0 Å². The van der Waals surface area contributed by atoms with Crippen molar-refractivity contribution < 1.29 is 4.42 Å². The van der Waals surface area contributed by atoms with Crippen LogP contribution in [0.15, 0.2) is 35.2 Å². The van der Waals surface area contributed by atoms with Crippen LogP contribution >= 0.6 is 0 Å². The van der Waals surface area contributed by atoms with Gasteiger partial charge in [-0.3, -0.25) is 0 Å². The van der Waals surface area contributed by atoms with Gasteiger partial charge >= 0.3 is 0 Å². The van der Waals surface area contributed by atoms with Gasteiger partial charge in [0.05, 0.1) is 12.8 Å². The van der Waals surface area contributed by atoms with Crippen LogP contribution in [0.5, 0.6) is 0 Å². The molecule has 0 amide bonds.